The van der Waals surface area contributed by atoms with Crippen molar-refractivity contribution < 1.29 is 10.2 Å². The summed E-state index contributed by atoms with van der Waals surface area (Å²) in [7, 11) is 0. The van der Waals surface area contributed by atoms with E-state index in [1.54, 1.807) is 0 Å². The number of aliphatic hydroxyl groups is 2. The third-order valence-corrected chi connectivity index (χ3v) is 9.61. The SMILES string of the molecule is CC12CCCC[C@@H]1CCC1C2CCC2(C)C1CC[C@@]2(O)CNCCO. The van der Waals surface area contributed by atoms with Crippen molar-refractivity contribution >= 4 is 0 Å². The average molecular weight is 350 g/mol. The van der Waals surface area contributed by atoms with Gasteiger partial charge in [0.15, 0.2) is 0 Å². The van der Waals surface area contributed by atoms with Crippen molar-refractivity contribution in [2.75, 3.05) is 19.7 Å². The first-order valence-corrected chi connectivity index (χ1v) is 11.0. The molecule has 3 nitrogen and oxygen atoms in total. The van der Waals surface area contributed by atoms with Crippen LogP contribution < -0.4 is 5.32 Å². The Hall–Kier alpha value is -0.120. The highest BCUT2D eigenvalue weighted by molar-refractivity contribution is 5.14. The van der Waals surface area contributed by atoms with Crippen LogP contribution in [0, 0.1) is 34.5 Å². The molecule has 4 rings (SSSR count). The fraction of sp³-hybridized carbons (Fsp3) is 1.00. The Bertz CT molecular complexity index is 496. The van der Waals surface area contributed by atoms with Crippen LogP contribution in [0.5, 0.6) is 0 Å². The molecule has 5 unspecified atom stereocenters. The molecule has 3 N–H and O–H groups in total. The zero-order valence-corrected chi connectivity index (χ0v) is 16.4. The number of nitrogens with one attached hydrogen (secondary N) is 1. The highest BCUT2D eigenvalue weighted by Gasteiger charge is 2.64. The smallest absolute Gasteiger partial charge is 0.0827 e. The van der Waals surface area contributed by atoms with E-state index in [4.69, 9.17) is 5.11 Å². The Kier molecular flexibility index (Phi) is 4.74. The Morgan fingerprint density at radius 2 is 1.72 bits per heavy atom. The zero-order chi connectivity index (χ0) is 17.7. The van der Waals surface area contributed by atoms with Gasteiger partial charge in [0.2, 0.25) is 0 Å². The van der Waals surface area contributed by atoms with E-state index in [1.165, 1.54) is 57.8 Å². The van der Waals surface area contributed by atoms with Crippen LogP contribution in [-0.4, -0.2) is 35.5 Å². The molecule has 0 aromatic rings. The lowest BCUT2D eigenvalue weighted by atomic mass is 9.44. The Balaban J connectivity index is 1.55. The van der Waals surface area contributed by atoms with Crippen LogP contribution in [0.2, 0.25) is 0 Å². The van der Waals surface area contributed by atoms with E-state index < -0.39 is 5.60 Å². The predicted octanol–water partition coefficient (Wildman–Crippen LogP) is 3.73. The molecule has 7 atom stereocenters. The minimum atomic E-state index is -0.581. The molecular weight excluding hydrogens is 310 g/mol. The van der Waals surface area contributed by atoms with E-state index in [0.717, 1.165) is 24.2 Å². The second kappa shape index (κ2) is 6.49. The van der Waals surface area contributed by atoms with Gasteiger partial charge >= 0.3 is 0 Å². The van der Waals surface area contributed by atoms with E-state index in [-0.39, 0.29) is 12.0 Å². The van der Waals surface area contributed by atoms with Gasteiger partial charge in [0.05, 0.1) is 12.2 Å². The van der Waals surface area contributed by atoms with Crippen molar-refractivity contribution in [3.05, 3.63) is 0 Å². The van der Waals surface area contributed by atoms with Crippen molar-refractivity contribution in [1.82, 2.24) is 5.32 Å². The minimum absolute atomic E-state index is 0.0640. The van der Waals surface area contributed by atoms with Gasteiger partial charge in [-0.3, -0.25) is 0 Å². The normalized spacial score (nSPS) is 52.3. The molecule has 0 radical (unpaired) electrons. The standard InChI is InChI=1S/C22H39NO2/c1-20-10-4-3-5-16(20)6-7-17-18(20)8-11-21(2)19(17)9-12-22(21,25)15-23-13-14-24/h16-19,23-25H,3-15H2,1-2H3/t16-,17?,18?,19?,20?,21?,22-/m1/s1. The molecule has 0 aromatic carbocycles. The van der Waals surface area contributed by atoms with Crippen LogP contribution in [0.4, 0.5) is 0 Å². The topological polar surface area (TPSA) is 52.5 Å². The van der Waals surface area contributed by atoms with Crippen molar-refractivity contribution in [1.29, 1.82) is 0 Å². The van der Waals surface area contributed by atoms with E-state index in [0.29, 0.717) is 24.4 Å². The van der Waals surface area contributed by atoms with Gasteiger partial charge in [0, 0.05) is 18.5 Å². The molecule has 0 aliphatic heterocycles. The summed E-state index contributed by atoms with van der Waals surface area (Å²) >= 11 is 0. The molecule has 0 spiro atoms. The molecule has 3 heteroatoms. The van der Waals surface area contributed by atoms with Gasteiger partial charge in [-0.25, -0.2) is 0 Å². The van der Waals surface area contributed by atoms with Gasteiger partial charge in [-0.05, 0) is 80.5 Å². The van der Waals surface area contributed by atoms with Gasteiger partial charge < -0.3 is 15.5 Å². The predicted molar refractivity (Wildman–Crippen MR) is 101 cm³/mol. The van der Waals surface area contributed by atoms with Crippen molar-refractivity contribution in [2.24, 2.45) is 34.5 Å². The summed E-state index contributed by atoms with van der Waals surface area (Å²) in [6.07, 6.45) is 13.3. The minimum Gasteiger partial charge on any atom is -0.395 e. The van der Waals surface area contributed by atoms with E-state index in [1.807, 2.05) is 0 Å². The largest absolute Gasteiger partial charge is 0.395 e. The Morgan fingerprint density at radius 1 is 0.920 bits per heavy atom. The lowest BCUT2D eigenvalue weighted by molar-refractivity contribution is -0.150. The van der Waals surface area contributed by atoms with Crippen LogP contribution >= 0.6 is 0 Å². The number of hydrogen-bond donors (Lipinski definition) is 3. The molecule has 4 aliphatic carbocycles. The van der Waals surface area contributed by atoms with Gasteiger partial charge in [0.1, 0.15) is 0 Å². The van der Waals surface area contributed by atoms with E-state index in [9.17, 15) is 5.11 Å². The second-order valence-corrected chi connectivity index (χ2v) is 10.3. The summed E-state index contributed by atoms with van der Waals surface area (Å²) in [5.74, 6) is 3.41. The quantitative estimate of drug-likeness (QED) is 0.678. The van der Waals surface area contributed by atoms with Crippen LogP contribution in [0.1, 0.15) is 78.1 Å². The van der Waals surface area contributed by atoms with Gasteiger partial charge in [0.25, 0.3) is 0 Å². The maximum Gasteiger partial charge on any atom is 0.0827 e. The fourth-order valence-corrected chi connectivity index (χ4v) is 8.07. The first-order chi connectivity index (χ1) is 11.9. The second-order valence-electron chi connectivity index (χ2n) is 10.3. The molecule has 144 valence electrons. The van der Waals surface area contributed by atoms with Crippen LogP contribution in [-0.2, 0) is 0 Å². The highest BCUT2D eigenvalue weighted by Crippen LogP contribution is 2.68. The van der Waals surface area contributed by atoms with Crippen molar-refractivity contribution in [2.45, 2.75) is 83.7 Å². The molecule has 0 aromatic heterocycles. The first-order valence-electron chi connectivity index (χ1n) is 11.0. The fourth-order valence-electron chi connectivity index (χ4n) is 8.07. The summed E-state index contributed by atoms with van der Waals surface area (Å²) < 4.78 is 0. The number of hydrogen-bond acceptors (Lipinski definition) is 3. The van der Waals surface area contributed by atoms with Gasteiger partial charge in [-0.1, -0.05) is 26.7 Å². The maximum atomic E-state index is 11.5. The first kappa shape index (κ1) is 18.3. The average Bonchev–Trinajstić information content (AvgIpc) is 2.86. The molecular formula is C22H39NO2. The monoisotopic (exact) mass is 349 g/mol. The lowest BCUT2D eigenvalue weighted by Crippen LogP contribution is -2.58. The third kappa shape index (κ3) is 2.63. The van der Waals surface area contributed by atoms with Crippen molar-refractivity contribution in [3.8, 4) is 0 Å². The molecule has 0 amide bonds. The van der Waals surface area contributed by atoms with Gasteiger partial charge in [-0.15, -0.1) is 0 Å². The van der Waals surface area contributed by atoms with Crippen LogP contribution in [0.3, 0.4) is 0 Å². The number of fused-ring (bicyclic) bond motifs is 5. The summed E-state index contributed by atoms with van der Waals surface area (Å²) in [4.78, 5) is 0. The van der Waals surface area contributed by atoms with Crippen molar-refractivity contribution in [3.63, 3.8) is 0 Å². The van der Waals surface area contributed by atoms with Crippen LogP contribution in [0.25, 0.3) is 0 Å². The summed E-state index contributed by atoms with van der Waals surface area (Å²) in [5.41, 5.74) is 0.0644. The van der Waals surface area contributed by atoms with E-state index in [2.05, 4.69) is 19.2 Å². The maximum absolute atomic E-state index is 11.5. The lowest BCUT2D eigenvalue weighted by Gasteiger charge is -2.61. The Morgan fingerprint density at radius 3 is 2.52 bits per heavy atom. The molecule has 0 heterocycles. The van der Waals surface area contributed by atoms with E-state index >= 15 is 0 Å². The number of rotatable bonds is 4. The molecule has 4 saturated carbocycles. The summed E-state index contributed by atoms with van der Waals surface area (Å²) in [6.45, 7) is 6.41. The van der Waals surface area contributed by atoms with Crippen LogP contribution in [0.15, 0.2) is 0 Å². The van der Waals surface area contributed by atoms with Gasteiger partial charge in [-0.2, -0.15) is 0 Å². The molecule has 4 aliphatic rings. The molecule has 25 heavy (non-hydrogen) atoms. The Labute approximate surface area is 154 Å². The number of aliphatic hydroxyl groups excluding tert-OH is 1. The molecule has 4 fully saturated rings. The molecule has 0 bridgehead atoms. The zero-order valence-electron chi connectivity index (χ0n) is 16.4. The third-order valence-electron chi connectivity index (χ3n) is 9.61. The highest BCUT2D eigenvalue weighted by atomic mass is 16.3. The summed E-state index contributed by atoms with van der Waals surface area (Å²) in [5, 5.41) is 23.9. The summed E-state index contributed by atoms with van der Waals surface area (Å²) in [6, 6.07) is 0. The molecule has 0 saturated heterocycles.